The Bertz CT molecular complexity index is 1080. The molecule has 1 saturated heterocycles. The minimum Gasteiger partial charge on any atom is -0.486 e. The highest BCUT2D eigenvalue weighted by Crippen LogP contribution is 2.39. The van der Waals surface area contributed by atoms with Crippen molar-refractivity contribution in [3.8, 4) is 11.5 Å². The van der Waals surface area contributed by atoms with Crippen LogP contribution >= 0.6 is 0 Å². The highest BCUT2D eigenvalue weighted by molar-refractivity contribution is 5.86. The smallest absolute Gasteiger partial charge is 0.222 e. The number of carbonyl (C=O) groups is 1. The Kier molecular flexibility index (Phi) is 5.45. The second kappa shape index (κ2) is 8.53. The van der Waals surface area contributed by atoms with Crippen molar-refractivity contribution in [2.75, 3.05) is 44.3 Å². The number of aromatic amines is 1. The van der Waals surface area contributed by atoms with Gasteiger partial charge in [0, 0.05) is 49.7 Å². The van der Waals surface area contributed by atoms with Gasteiger partial charge in [0.05, 0.1) is 5.69 Å². The average molecular weight is 420 g/mol. The van der Waals surface area contributed by atoms with E-state index in [4.69, 9.17) is 9.47 Å². The molecule has 3 aromatic rings. The summed E-state index contributed by atoms with van der Waals surface area (Å²) in [6.07, 6.45) is 4.48. The lowest BCUT2D eigenvalue weighted by Crippen LogP contribution is -2.49. The zero-order chi connectivity index (χ0) is 21.2. The highest BCUT2D eigenvalue weighted by Gasteiger charge is 2.25. The number of para-hydroxylation sites is 2. The van der Waals surface area contributed by atoms with Crippen LogP contribution in [0, 0.1) is 6.92 Å². The molecule has 0 unspecified atom stereocenters. The van der Waals surface area contributed by atoms with E-state index in [2.05, 4.69) is 47.3 Å². The van der Waals surface area contributed by atoms with Gasteiger partial charge in [-0.05, 0) is 43.0 Å². The fourth-order valence-electron chi connectivity index (χ4n) is 4.66. The van der Waals surface area contributed by atoms with Gasteiger partial charge in [0.1, 0.15) is 13.2 Å². The number of anilines is 1. The van der Waals surface area contributed by atoms with Crippen molar-refractivity contribution in [2.45, 2.75) is 26.2 Å². The van der Waals surface area contributed by atoms with Crippen molar-refractivity contribution in [1.29, 1.82) is 0 Å². The van der Waals surface area contributed by atoms with Gasteiger partial charge in [-0.2, -0.15) is 0 Å². The van der Waals surface area contributed by atoms with Gasteiger partial charge < -0.3 is 24.3 Å². The van der Waals surface area contributed by atoms with E-state index in [1.54, 1.807) is 0 Å². The zero-order valence-corrected chi connectivity index (χ0v) is 18.0. The number of aromatic nitrogens is 1. The maximum Gasteiger partial charge on any atom is 0.222 e. The standard InChI is InChI=1S/C25H29N3O3/c1-18-5-2-7-20-19(17-26-24(18)20)6-3-10-23(29)28-13-11-27(12-14-28)21-8-4-9-22-25(21)31-16-15-30-22/h2,4-5,7-9,17,26H,3,6,10-16H2,1H3. The van der Waals surface area contributed by atoms with E-state index in [9.17, 15) is 4.79 Å². The minimum atomic E-state index is 0.255. The van der Waals surface area contributed by atoms with E-state index < -0.39 is 0 Å². The first-order valence-corrected chi connectivity index (χ1v) is 11.2. The Morgan fingerprint density at radius 3 is 2.71 bits per heavy atom. The number of nitrogens with zero attached hydrogens (tertiary/aromatic N) is 2. The second-order valence-electron chi connectivity index (χ2n) is 8.33. The first-order chi connectivity index (χ1) is 15.2. The van der Waals surface area contributed by atoms with E-state index in [0.29, 0.717) is 19.6 Å². The summed E-state index contributed by atoms with van der Waals surface area (Å²) in [4.78, 5) is 20.5. The summed E-state index contributed by atoms with van der Waals surface area (Å²) in [6, 6.07) is 12.4. The molecule has 0 bridgehead atoms. The van der Waals surface area contributed by atoms with Crippen LogP contribution in [0.1, 0.15) is 24.0 Å². The molecule has 0 saturated carbocycles. The molecule has 5 rings (SSSR count). The molecule has 1 N–H and O–H groups in total. The topological polar surface area (TPSA) is 57.8 Å². The summed E-state index contributed by atoms with van der Waals surface area (Å²) >= 11 is 0. The van der Waals surface area contributed by atoms with Gasteiger partial charge in [-0.25, -0.2) is 0 Å². The summed E-state index contributed by atoms with van der Waals surface area (Å²) in [5, 5.41) is 1.28. The molecule has 0 spiro atoms. The SMILES string of the molecule is Cc1cccc2c(CCCC(=O)N3CCN(c4cccc5c4OCCO5)CC3)c[nH]c12. The van der Waals surface area contributed by atoms with E-state index in [-0.39, 0.29) is 5.91 Å². The Balaban J connectivity index is 1.14. The number of aryl methyl sites for hydroxylation is 2. The van der Waals surface area contributed by atoms with Crippen LogP contribution in [0.25, 0.3) is 10.9 Å². The van der Waals surface area contributed by atoms with Crippen LogP contribution in [0.4, 0.5) is 5.69 Å². The minimum absolute atomic E-state index is 0.255. The normalized spacial score (nSPS) is 16.0. The number of rotatable bonds is 5. The number of fused-ring (bicyclic) bond motifs is 2. The van der Waals surface area contributed by atoms with Crippen molar-refractivity contribution in [3.63, 3.8) is 0 Å². The first-order valence-electron chi connectivity index (χ1n) is 11.2. The molecular formula is C25H29N3O3. The average Bonchev–Trinajstić information content (AvgIpc) is 3.23. The molecule has 1 aromatic heterocycles. The quantitative estimate of drug-likeness (QED) is 0.681. The van der Waals surface area contributed by atoms with Crippen LogP contribution in [0.2, 0.25) is 0 Å². The third kappa shape index (κ3) is 3.94. The third-order valence-electron chi connectivity index (χ3n) is 6.36. The molecule has 0 atom stereocenters. The van der Waals surface area contributed by atoms with Crippen LogP contribution in [0.5, 0.6) is 11.5 Å². The Labute approximate surface area is 182 Å². The van der Waals surface area contributed by atoms with Crippen LogP contribution in [0.15, 0.2) is 42.6 Å². The van der Waals surface area contributed by atoms with Crippen LogP contribution in [-0.2, 0) is 11.2 Å². The number of hydrogen-bond acceptors (Lipinski definition) is 4. The van der Waals surface area contributed by atoms with E-state index in [0.717, 1.165) is 56.2 Å². The maximum absolute atomic E-state index is 12.8. The first kappa shape index (κ1) is 19.8. The van der Waals surface area contributed by atoms with Crippen molar-refractivity contribution < 1.29 is 14.3 Å². The Hall–Kier alpha value is -3.15. The maximum atomic E-state index is 12.8. The summed E-state index contributed by atoms with van der Waals surface area (Å²) < 4.78 is 11.6. The van der Waals surface area contributed by atoms with Crippen molar-refractivity contribution in [1.82, 2.24) is 9.88 Å². The van der Waals surface area contributed by atoms with Gasteiger partial charge in [0.25, 0.3) is 0 Å². The molecule has 1 amide bonds. The summed E-state index contributed by atoms with van der Waals surface area (Å²) in [5.41, 5.74) is 4.83. The molecule has 0 aliphatic carbocycles. The number of ether oxygens (including phenoxy) is 2. The molecule has 2 aliphatic heterocycles. The summed E-state index contributed by atoms with van der Waals surface area (Å²) in [7, 11) is 0. The van der Waals surface area contributed by atoms with E-state index >= 15 is 0 Å². The molecule has 0 radical (unpaired) electrons. The fourth-order valence-corrected chi connectivity index (χ4v) is 4.66. The predicted octanol–water partition coefficient (Wildman–Crippen LogP) is 3.92. The number of amides is 1. The summed E-state index contributed by atoms with van der Waals surface area (Å²) in [6.45, 7) is 6.41. The van der Waals surface area contributed by atoms with Gasteiger partial charge in [-0.1, -0.05) is 24.3 Å². The molecule has 2 aromatic carbocycles. The van der Waals surface area contributed by atoms with Crippen LogP contribution in [-0.4, -0.2) is 55.2 Å². The number of piperazine rings is 1. The zero-order valence-electron chi connectivity index (χ0n) is 18.0. The van der Waals surface area contributed by atoms with Crippen LogP contribution in [0.3, 0.4) is 0 Å². The number of nitrogens with one attached hydrogen (secondary N) is 1. The fraction of sp³-hybridized carbons (Fsp3) is 0.400. The second-order valence-corrected chi connectivity index (χ2v) is 8.33. The van der Waals surface area contributed by atoms with Gasteiger partial charge in [0.2, 0.25) is 5.91 Å². The Morgan fingerprint density at radius 2 is 1.84 bits per heavy atom. The number of H-pyrrole nitrogens is 1. The molecule has 6 nitrogen and oxygen atoms in total. The van der Waals surface area contributed by atoms with Crippen LogP contribution < -0.4 is 14.4 Å². The lowest BCUT2D eigenvalue weighted by Gasteiger charge is -2.37. The van der Waals surface area contributed by atoms with Crippen molar-refractivity contribution in [2.24, 2.45) is 0 Å². The molecular weight excluding hydrogens is 390 g/mol. The van der Waals surface area contributed by atoms with Crippen molar-refractivity contribution >= 4 is 22.5 Å². The monoisotopic (exact) mass is 419 g/mol. The van der Waals surface area contributed by atoms with Gasteiger partial charge in [-0.3, -0.25) is 4.79 Å². The number of benzene rings is 2. The molecule has 31 heavy (non-hydrogen) atoms. The van der Waals surface area contributed by atoms with Gasteiger partial charge in [-0.15, -0.1) is 0 Å². The number of hydrogen-bond donors (Lipinski definition) is 1. The highest BCUT2D eigenvalue weighted by atomic mass is 16.6. The molecule has 1 fully saturated rings. The lowest BCUT2D eigenvalue weighted by atomic mass is 10.0. The largest absolute Gasteiger partial charge is 0.486 e. The third-order valence-corrected chi connectivity index (χ3v) is 6.36. The molecule has 2 aliphatic rings. The molecule has 162 valence electrons. The molecule has 6 heteroatoms. The molecule has 3 heterocycles. The van der Waals surface area contributed by atoms with E-state index in [1.165, 1.54) is 22.0 Å². The predicted molar refractivity (Wildman–Crippen MR) is 122 cm³/mol. The van der Waals surface area contributed by atoms with Gasteiger partial charge in [0.15, 0.2) is 11.5 Å². The lowest BCUT2D eigenvalue weighted by molar-refractivity contribution is -0.131. The number of carbonyl (C=O) groups excluding carboxylic acids is 1. The van der Waals surface area contributed by atoms with Gasteiger partial charge >= 0.3 is 0 Å². The van der Waals surface area contributed by atoms with E-state index in [1.807, 2.05) is 17.0 Å². The van der Waals surface area contributed by atoms with Crippen molar-refractivity contribution in [3.05, 3.63) is 53.7 Å². The summed E-state index contributed by atoms with van der Waals surface area (Å²) in [5.74, 6) is 1.91. The Morgan fingerprint density at radius 1 is 1.03 bits per heavy atom.